The number of carbonyl (C=O) groups is 1. The summed E-state index contributed by atoms with van der Waals surface area (Å²) in [5.74, 6) is 0.785. The Labute approximate surface area is 195 Å². The molecule has 32 heavy (non-hydrogen) atoms. The molecule has 0 unspecified atom stereocenters. The minimum atomic E-state index is -0.922. The van der Waals surface area contributed by atoms with E-state index < -0.39 is 23.3 Å². The van der Waals surface area contributed by atoms with Crippen molar-refractivity contribution in [3.63, 3.8) is 0 Å². The van der Waals surface area contributed by atoms with Gasteiger partial charge in [0.05, 0.1) is 16.3 Å². The van der Waals surface area contributed by atoms with Crippen LogP contribution in [0.2, 0.25) is 10.0 Å². The highest BCUT2D eigenvalue weighted by atomic mass is 35.5. The van der Waals surface area contributed by atoms with Crippen molar-refractivity contribution >= 4 is 60.0 Å². The lowest BCUT2D eigenvalue weighted by atomic mass is 10.2. The smallest absolute Gasteiger partial charge is 0.211 e. The van der Waals surface area contributed by atoms with E-state index in [2.05, 4.69) is 21.1 Å². The van der Waals surface area contributed by atoms with Crippen molar-refractivity contribution in [3.05, 3.63) is 68.7 Å². The maximum absolute atomic E-state index is 12.9. The van der Waals surface area contributed by atoms with E-state index in [-0.39, 0.29) is 45.5 Å². The highest BCUT2D eigenvalue weighted by Gasteiger charge is 2.08. The number of rotatable bonds is 3. The van der Waals surface area contributed by atoms with Crippen LogP contribution in [0.25, 0.3) is 0 Å². The van der Waals surface area contributed by atoms with Crippen LogP contribution in [0.15, 0.2) is 39.6 Å². The van der Waals surface area contributed by atoms with E-state index in [1.807, 2.05) is 0 Å². The largest absolute Gasteiger partial charge is 0.369 e. The molecule has 0 bridgehead atoms. The maximum Gasteiger partial charge on any atom is 0.211 e. The van der Waals surface area contributed by atoms with Crippen molar-refractivity contribution < 1.29 is 22.4 Å². The number of hydrazone groups is 1. The number of nitrogens with two attached hydrogens (primary N) is 5. The third-order valence-electron chi connectivity index (χ3n) is 2.69. The lowest BCUT2D eigenvalue weighted by molar-refractivity contribution is 0.112. The second-order valence-electron chi connectivity index (χ2n) is 5.02. The maximum atomic E-state index is 12.9. The molecule has 176 valence electrons. The van der Waals surface area contributed by atoms with E-state index in [0.717, 1.165) is 18.3 Å². The Morgan fingerprint density at radius 3 is 1.59 bits per heavy atom. The third kappa shape index (κ3) is 11.8. The Kier molecular flexibility index (Phi) is 15.0. The van der Waals surface area contributed by atoms with Crippen molar-refractivity contribution in [3.8, 4) is 0 Å². The van der Waals surface area contributed by atoms with Crippen LogP contribution in [0.5, 0.6) is 0 Å². The van der Waals surface area contributed by atoms with Crippen LogP contribution in [0.1, 0.15) is 15.9 Å². The van der Waals surface area contributed by atoms with Gasteiger partial charge in [0, 0.05) is 23.3 Å². The molecule has 2 aromatic carbocycles. The van der Waals surface area contributed by atoms with Crippen LogP contribution in [0, 0.1) is 23.3 Å². The predicted octanol–water partition coefficient (Wildman–Crippen LogP) is 2.21. The first-order valence-corrected chi connectivity index (χ1v) is 8.33. The average molecular weight is 520 g/mol. The molecule has 2 rings (SSSR count). The van der Waals surface area contributed by atoms with Crippen molar-refractivity contribution in [1.29, 1.82) is 0 Å². The summed E-state index contributed by atoms with van der Waals surface area (Å²) in [6.45, 7) is 0. The molecule has 9 nitrogen and oxygen atoms in total. The van der Waals surface area contributed by atoms with Crippen LogP contribution < -0.4 is 28.8 Å². The predicted molar refractivity (Wildman–Crippen MR) is 119 cm³/mol. The molecule has 0 radical (unpaired) electrons. The highest BCUT2D eigenvalue weighted by molar-refractivity contribution is 6.33. The quantitative estimate of drug-likeness (QED) is 0.0787. The fraction of sp³-hybridized carbons (Fsp3) is 0. The Morgan fingerprint density at radius 2 is 1.22 bits per heavy atom. The van der Waals surface area contributed by atoms with Gasteiger partial charge in [-0.3, -0.25) is 4.79 Å². The van der Waals surface area contributed by atoms with Crippen molar-refractivity contribution in [2.45, 2.75) is 0 Å². The zero-order valence-corrected chi connectivity index (χ0v) is 18.1. The summed E-state index contributed by atoms with van der Waals surface area (Å²) < 4.78 is 50.5. The fourth-order valence-corrected chi connectivity index (χ4v) is 1.80. The molecule has 0 saturated carbocycles. The topological polar surface area (TPSA) is 184 Å². The number of halogens is 7. The number of benzene rings is 2. The van der Waals surface area contributed by atoms with Gasteiger partial charge in [-0.1, -0.05) is 23.2 Å². The van der Waals surface area contributed by atoms with Crippen molar-refractivity contribution in [1.82, 2.24) is 0 Å². The molecule has 0 aromatic heterocycles. The van der Waals surface area contributed by atoms with E-state index in [0.29, 0.717) is 18.4 Å². The van der Waals surface area contributed by atoms with Gasteiger partial charge in [-0.05, 0) is 12.1 Å². The number of nitrogens with zero attached hydrogens (tertiary/aromatic N) is 3. The summed E-state index contributed by atoms with van der Waals surface area (Å²) in [5.41, 5.74) is 19.2. The van der Waals surface area contributed by atoms with Crippen LogP contribution in [-0.4, -0.2) is 24.4 Å². The van der Waals surface area contributed by atoms with Gasteiger partial charge < -0.3 is 28.8 Å². The van der Waals surface area contributed by atoms with E-state index >= 15 is 0 Å². The monoisotopic (exact) mass is 518 g/mol. The van der Waals surface area contributed by atoms with E-state index in [1.165, 1.54) is 0 Å². The molecule has 10 N–H and O–H groups in total. The fourth-order valence-electron chi connectivity index (χ4n) is 1.49. The Balaban J connectivity index is 0. The van der Waals surface area contributed by atoms with E-state index in [9.17, 15) is 22.4 Å². The Bertz CT molecular complexity index is 998. The van der Waals surface area contributed by atoms with Gasteiger partial charge in [0.15, 0.2) is 6.29 Å². The number of hydrogen-bond acceptors (Lipinski definition) is 5. The summed E-state index contributed by atoms with van der Waals surface area (Å²) in [6, 6.07) is 3.17. The molecule has 0 fully saturated rings. The highest BCUT2D eigenvalue weighted by Crippen LogP contribution is 2.20. The first kappa shape index (κ1) is 30.9. The van der Waals surface area contributed by atoms with Crippen LogP contribution in [0.3, 0.4) is 0 Å². The minimum Gasteiger partial charge on any atom is -0.369 e. The molecule has 0 aliphatic carbocycles. The molecule has 16 heteroatoms. The van der Waals surface area contributed by atoms with Gasteiger partial charge in [-0.25, -0.2) is 17.6 Å². The molecule has 0 spiro atoms. The zero-order valence-electron chi connectivity index (χ0n) is 15.8. The zero-order chi connectivity index (χ0) is 24.1. The van der Waals surface area contributed by atoms with Gasteiger partial charge in [0.1, 0.15) is 23.3 Å². The number of carbonyl (C=O) groups excluding carboxylic acids is 1. The normalized spacial score (nSPS) is 9.31. The molecule has 0 aliphatic heterocycles. The molecule has 2 aromatic rings. The number of hydrogen-bond donors (Lipinski definition) is 5. The second kappa shape index (κ2) is 15.5. The van der Waals surface area contributed by atoms with E-state index in [1.54, 1.807) is 0 Å². The standard InChI is InChI=1S/C8H7ClF2N4.C7H3ClF2O.CH6N4.ClH/c9-7-4(3-14-15-8(12)13)1-5(10)2-6(7)11;8-7-4(3-11)1-5(9)2-6(7)10;2-1(3)5-4;/h1-3H,(H4,12,13,15);1-3H;4H2,(H4,2,3,5);1H/b14-3+;;;. The molecule has 0 atom stereocenters. The van der Waals surface area contributed by atoms with Crippen molar-refractivity contribution in [2.24, 2.45) is 44.1 Å². The molecule has 0 saturated heterocycles. The number of guanidine groups is 2. The summed E-state index contributed by atoms with van der Waals surface area (Å²) >= 11 is 10.8. The summed E-state index contributed by atoms with van der Waals surface area (Å²) in [7, 11) is 0. The van der Waals surface area contributed by atoms with Gasteiger partial charge in [-0.2, -0.15) is 5.10 Å². The molecule has 0 heterocycles. The first-order valence-electron chi connectivity index (χ1n) is 7.57. The molecule has 0 aliphatic rings. The summed E-state index contributed by atoms with van der Waals surface area (Å²) in [6.07, 6.45) is 1.35. The van der Waals surface area contributed by atoms with Crippen LogP contribution in [-0.2, 0) is 0 Å². The minimum absolute atomic E-state index is 0. The van der Waals surface area contributed by atoms with Gasteiger partial charge in [0.25, 0.3) is 0 Å². The molecular weight excluding hydrogens is 503 g/mol. The lowest BCUT2D eigenvalue weighted by Gasteiger charge is -1.98. The van der Waals surface area contributed by atoms with Gasteiger partial charge >= 0.3 is 0 Å². The first-order chi connectivity index (χ1) is 14.4. The third-order valence-corrected chi connectivity index (χ3v) is 3.49. The second-order valence-corrected chi connectivity index (χ2v) is 5.78. The Morgan fingerprint density at radius 1 is 0.812 bits per heavy atom. The lowest BCUT2D eigenvalue weighted by Crippen LogP contribution is -2.23. The SMILES string of the molecule is Cl.NC(N)=N/N=C/c1cc(F)cc(F)c1Cl.NN=C(N)N.O=Cc1cc(F)cc(F)c1Cl. The molecular formula is C16H17Cl3F4N8O. The summed E-state index contributed by atoms with van der Waals surface area (Å²) in [4.78, 5) is 10.1. The van der Waals surface area contributed by atoms with Crippen molar-refractivity contribution in [2.75, 3.05) is 0 Å². The van der Waals surface area contributed by atoms with Gasteiger partial charge in [-0.15, -0.1) is 22.6 Å². The number of aldehydes is 1. The van der Waals surface area contributed by atoms with Crippen LogP contribution in [0.4, 0.5) is 17.6 Å². The summed E-state index contributed by atoms with van der Waals surface area (Å²) in [5, 5.41) is 8.91. The van der Waals surface area contributed by atoms with Gasteiger partial charge in [0.2, 0.25) is 11.9 Å². The van der Waals surface area contributed by atoms with E-state index in [4.69, 9.17) is 46.1 Å². The Hall–Kier alpha value is -3.29. The molecule has 0 amide bonds. The van der Waals surface area contributed by atoms with Crippen LogP contribution >= 0.6 is 35.6 Å². The average Bonchev–Trinajstić information content (AvgIpc) is 2.69.